The van der Waals surface area contributed by atoms with Gasteiger partial charge in [0.1, 0.15) is 4.33 Å². The minimum atomic E-state index is -0.826. The summed E-state index contributed by atoms with van der Waals surface area (Å²) in [5, 5.41) is 0. The summed E-state index contributed by atoms with van der Waals surface area (Å²) in [5.74, 6) is 3.90. The van der Waals surface area contributed by atoms with Crippen molar-refractivity contribution in [3.63, 3.8) is 0 Å². The molecule has 4 aliphatic rings. The molecular formula is C30H50Cl2O. The van der Waals surface area contributed by atoms with Crippen molar-refractivity contribution < 1.29 is 4.79 Å². The zero-order valence-corrected chi connectivity index (χ0v) is 23.1. The Labute approximate surface area is 214 Å². The van der Waals surface area contributed by atoms with Gasteiger partial charge in [-0.25, -0.2) is 0 Å². The van der Waals surface area contributed by atoms with E-state index < -0.39 is 15.2 Å². The van der Waals surface area contributed by atoms with Crippen LogP contribution >= 0.6 is 23.2 Å². The number of unbranched alkanes of at least 4 members (excludes halogenated alkanes) is 4. The van der Waals surface area contributed by atoms with Gasteiger partial charge in [-0.05, 0) is 87.9 Å². The molecule has 0 N–H and O–H groups in total. The zero-order valence-electron chi connectivity index (χ0n) is 21.6. The summed E-state index contributed by atoms with van der Waals surface area (Å²) in [6.45, 7) is 4.57. The van der Waals surface area contributed by atoms with Crippen LogP contribution in [-0.4, -0.2) is 10.1 Å². The number of Topliss-reactive ketones (excluding diaryl/α,β-unsaturated/α-hetero) is 1. The van der Waals surface area contributed by atoms with Gasteiger partial charge in [-0.3, -0.25) is 4.79 Å². The Balaban J connectivity index is 1.26. The van der Waals surface area contributed by atoms with Crippen molar-refractivity contribution in [3.05, 3.63) is 0 Å². The van der Waals surface area contributed by atoms with Crippen LogP contribution in [-0.2, 0) is 4.79 Å². The second-order valence-corrected chi connectivity index (χ2v) is 13.9. The number of rotatable bonds is 9. The van der Waals surface area contributed by atoms with E-state index in [9.17, 15) is 4.79 Å². The smallest absolute Gasteiger partial charge is 0.151 e. The quantitative estimate of drug-likeness (QED) is 0.229. The van der Waals surface area contributed by atoms with E-state index in [1.807, 2.05) is 0 Å². The highest BCUT2D eigenvalue weighted by atomic mass is 35.5. The summed E-state index contributed by atoms with van der Waals surface area (Å²) in [4.78, 5) is 13.8. The van der Waals surface area contributed by atoms with Gasteiger partial charge in [0.25, 0.3) is 0 Å². The molecule has 33 heavy (non-hydrogen) atoms. The first-order chi connectivity index (χ1) is 15.9. The van der Waals surface area contributed by atoms with E-state index in [1.165, 1.54) is 89.9 Å². The Kier molecular flexibility index (Phi) is 8.86. The fourth-order valence-corrected chi connectivity index (χ4v) is 9.70. The molecule has 0 amide bonds. The molecule has 4 fully saturated rings. The van der Waals surface area contributed by atoms with E-state index in [2.05, 4.69) is 13.8 Å². The Bertz CT molecular complexity index is 632. The number of hydrogen-bond acceptors (Lipinski definition) is 1. The number of alkyl halides is 2. The fraction of sp³-hybridized carbons (Fsp3) is 0.967. The van der Waals surface area contributed by atoms with Gasteiger partial charge >= 0.3 is 0 Å². The maximum atomic E-state index is 13.8. The average Bonchev–Trinajstić information content (AvgIpc) is 2.85. The Morgan fingerprint density at radius 2 is 1.06 bits per heavy atom. The summed E-state index contributed by atoms with van der Waals surface area (Å²) < 4.78 is -0.826. The van der Waals surface area contributed by atoms with Gasteiger partial charge < -0.3 is 0 Å². The highest BCUT2D eigenvalue weighted by Gasteiger charge is 2.79. The van der Waals surface area contributed by atoms with Crippen molar-refractivity contribution in [3.8, 4) is 0 Å². The molecule has 0 aliphatic heterocycles. The molecule has 0 atom stereocenters. The largest absolute Gasteiger partial charge is 0.298 e. The minimum absolute atomic E-state index is 0.430. The van der Waals surface area contributed by atoms with Gasteiger partial charge in [0, 0.05) is 0 Å². The minimum Gasteiger partial charge on any atom is -0.298 e. The number of halogens is 2. The van der Waals surface area contributed by atoms with E-state index >= 15 is 0 Å². The summed E-state index contributed by atoms with van der Waals surface area (Å²) in [5.41, 5.74) is -0.861. The first-order valence-electron chi connectivity index (χ1n) is 14.8. The average molecular weight is 498 g/mol. The molecule has 190 valence electrons. The van der Waals surface area contributed by atoms with Crippen LogP contribution in [0.5, 0.6) is 0 Å². The number of carbonyl (C=O) groups excluding carboxylic acids is 1. The molecule has 0 radical (unpaired) electrons. The van der Waals surface area contributed by atoms with E-state index in [4.69, 9.17) is 23.2 Å². The lowest BCUT2D eigenvalue weighted by Gasteiger charge is -2.67. The van der Waals surface area contributed by atoms with Crippen LogP contribution in [0.3, 0.4) is 0 Å². The second kappa shape index (κ2) is 11.1. The molecule has 2 spiro atoms. The lowest BCUT2D eigenvalue weighted by atomic mass is 9.42. The van der Waals surface area contributed by atoms with E-state index in [1.54, 1.807) is 0 Å². The molecule has 0 bridgehead atoms. The standard InChI is InChI=1S/C30H50Cl2O/c1-3-5-7-9-23-11-13-25(14-12-23)26-17-21-29(22-18-26)27(33)28(30(29,31)32)19-15-24(16-20-28)10-8-6-4-2/h23-26H,3-22H2,1-2H3/t23?,24?,25?,26-,28-,29+. The third-order valence-corrected chi connectivity index (χ3v) is 12.4. The third kappa shape index (κ3) is 4.82. The summed E-state index contributed by atoms with van der Waals surface area (Å²) in [7, 11) is 0. The summed E-state index contributed by atoms with van der Waals surface area (Å²) >= 11 is 14.4. The maximum absolute atomic E-state index is 13.8. The summed E-state index contributed by atoms with van der Waals surface area (Å²) in [6.07, 6.45) is 25.0. The zero-order chi connectivity index (χ0) is 23.5. The van der Waals surface area contributed by atoms with Crippen molar-refractivity contribution in [2.75, 3.05) is 0 Å². The van der Waals surface area contributed by atoms with Crippen molar-refractivity contribution in [2.45, 2.75) is 147 Å². The molecule has 0 heterocycles. The van der Waals surface area contributed by atoms with Crippen molar-refractivity contribution in [1.82, 2.24) is 0 Å². The van der Waals surface area contributed by atoms with Gasteiger partial charge in [0.15, 0.2) is 5.78 Å². The van der Waals surface area contributed by atoms with Crippen LogP contribution in [0.1, 0.15) is 142 Å². The van der Waals surface area contributed by atoms with Crippen LogP contribution in [0.15, 0.2) is 0 Å². The van der Waals surface area contributed by atoms with E-state index in [0.29, 0.717) is 5.78 Å². The van der Waals surface area contributed by atoms with Gasteiger partial charge in [0.2, 0.25) is 0 Å². The lowest BCUT2D eigenvalue weighted by molar-refractivity contribution is -0.173. The van der Waals surface area contributed by atoms with Crippen molar-refractivity contribution in [2.24, 2.45) is 34.5 Å². The maximum Gasteiger partial charge on any atom is 0.151 e. The highest BCUT2D eigenvalue weighted by molar-refractivity contribution is 6.55. The van der Waals surface area contributed by atoms with Crippen LogP contribution in [0.25, 0.3) is 0 Å². The number of ketones is 1. The highest BCUT2D eigenvalue weighted by Crippen LogP contribution is 2.74. The lowest BCUT2D eigenvalue weighted by Crippen LogP contribution is -2.74. The topological polar surface area (TPSA) is 17.1 Å². The van der Waals surface area contributed by atoms with Gasteiger partial charge in [0.05, 0.1) is 10.8 Å². The van der Waals surface area contributed by atoms with Gasteiger partial charge in [-0.2, -0.15) is 0 Å². The molecule has 0 aromatic heterocycles. The Morgan fingerprint density at radius 3 is 1.52 bits per heavy atom. The molecule has 4 rings (SSSR count). The molecule has 0 aromatic carbocycles. The molecule has 4 saturated carbocycles. The molecule has 0 saturated heterocycles. The molecule has 0 aromatic rings. The molecule has 4 aliphatic carbocycles. The molecule has 3 heteroatoms. The van der Waals surface area contributed by atoms with Crippen molar-refractivity contribution >= 4 is 29.0 Å². The van der Waals surface area contributed by atoms with E-state index in [0.717, 1.165) is 62.2 Å². The van der Waals surface area contributed by atoms with Gasteiger partial charge in [-0.1, -0.05) is 101 Å². The monoisotopic (exact) mass is 496 g/mol. The Morgan fingerprint density at radius 1 is 0.636 bits per heavy atom. The molecular weight excluding hydrogens is 447 g/mol. The second-order valence-electron chi connectivity index (χ2n) is 12.6. The number of carbonyl (C=O) groups is 1. The van der Waals surface area contributed by atoms with Crippen LogP contribution in [0, 0.1) is 34.5 Å². The van der Waals surface area contributed by atoms with Crippen LogP contribution in [0.4, 0.5) is 0 Å². The summed E-state index contributed by atoms with van der Waals surface area (Å²) in [6, 6.07) is 0. The van der Waals surface area contributed by atoms with Gasteiger partial charge in [-0.15, -0.1) is 0 Å². The first-order valence-corrected chi connectivity index (χ1v) is 15.6. The number of hydrogen-bond donors (Lipinski definition) is 0. The fourth-order valence-electron chi connectivity index (χ4n) is 8.60. The normalized spacial score (nSPS) is 40.8. The molecule has 1 nitrogen and oxygen atoms in total. The van der Waals surface area contributed by atoms with Crippen LogP contribution in [0.2, 0.25) is 0 Å². The van der Waals surface area contributed by atoms with Crippen LogP contribution < -0.4 is 0 Å². The first kappa shape index (κ1) is 26.3. The Hall–Kier alpha value is 0.250. The predicted molar refractivity (Wildman–Crippen MR) is 142 cm³/mol. The third-order valence-electron chi connectivity index (χ3n) is 10.9. The SMILES string of the molecule is CCCCCC1CCC([C@H]2CC[C@@]3(CC2)C(=O)[C@]2(CCC(CCCCC)CC2)C3(Cl)Cl)CC1. The molecule has 0 unspecified atom stereocenters. The van der Waals surface area contributed by atoms with E-state index in [-0.39, 0.29) is 0 Å². The predicted octanol–water partition coefficient (Wildman–Crippen LogP) is 10.1. The van der Waals surface area contributed by atoms with Crippen molar-refractivity contribution in [1.29, 1.82) is 0 Å².